The van der Waals surface area contributed by atoms with Gasteiger partial charge in [0.1, 0.15) is 13.2 Å². The second kappa shape index (κ2) is 8.62. The highest BCUT2D eigenvalue weighted by atomic mass is 32.2. The Kier molecular flexibility index (Phi) is 6.01. The Morgan fingerprint density at radius 1 is 1.12 bits per heavy atom. The van der Waals surface area contributed by atoms with E-state index in [1.54, 1.807) is 6.07 Å². The van der Waals surface area contributed by atoms with E-state index in [9.17, 15) is 9.59 Å². The minimum absolute atomic E-state index is 0.108. The van der Waals surface area contributed by atoms with Gasteiger partial charge in [-0.3, -0.25) is 9.59 Å². The third-order valence-electron chi connectivity index (χ3n) is 3.65. The van der Waals surface area contributed by atoms with Gasteiger partial charge in [0.25, 0.3) is 5.91 Å². The van der Waals surface area contributed by atoms with Gasteiger partial charge in [0.05, 0.1) is 5.75 Å². The zero-order valence-electron chi connectivity index (χ0n) is 14.3. The molecule has 1 aliphatic heterocycles. The Morgan fingerprint density at radius 2 is 1.88 bits per heavy atom. The van der Waals surface area contributed by atoms with Crippen molar-refractivity contribution < 1.29 is 23.8 Å². The average molecular weight is 373 g/mol. The lowest BCUT2D eigenvalue weighted by atomic mass is 10.2. The molecule has 1 N–H and O–H groups in total. The van der Waals surface area contributed by atoms with Crippen molar-refractivity contribution in [1.82, 2.24) is 0 Å². The van der Waals surface area contributed by atoms with Crippen LogP contribution in [0.4, 0.5) is 5.69 Å². The number of hydrogen-bond donors (Lipinski definition) is 1. The molecule has 0 radical (unpaired) electrons. The summed E-state index contributed by atoms with van der Waals surface area (Å²) in [7, 11) is 0. The maximum atomic E-state index is 11.9. The average Bonchev–Trinajstić information content (AvgIpc) is 2.66. The number of benzene rings is 2. The second-order valence-corrected chi connectivity index (χ2v) is 6.67. The molecular weight excluding hydrogens is 354 g/mol. The number of fused-ring (bicyclic) bond motifs is 1. The first-order valence-electron chi connectivity index (χ1n) is 8.15. The van der Waals surface area contributed by atoms with Gasteiger partial charge in [-0.25, -0.2) is 0 Å². The number of anilines is 1. The summed E-state index contributed by atoms with van der Waals surface area (Å²) < 4.78 is 16.0. The van der Waals surface area contributed by atoms with Crippen LogP contribution in [-0.4, -0.2) is 37.4 Å². The lowest BCUT2D eigenvalue weighted by Crippen LogP contribution is -2.22. The van der Waals surface area contributed by atoms with Crippen LogP contribution in [0.5, 0.6) is 11.5 Å². The summed E-state index contributed by atoms with van der Waals surface area (Å²) in [4.78, 5) is 24.6. The molecule has 0 aliphatic carbocycles. The minimum atomic E-state index is -0.454. The van der Waals surface area contributed by atoms with Gasteiger partial charge in [0.2, 0.25) is 0 Å². The molecule has 0 aromatic heterocycles. The van der Waals surface area contributed by atoms with Gasteiger partial charge in [0, 0.05) is 10.6 Å². The summed E-state index contributed by atoms with van der Waals surface area (Å²) in [6.07, 6.45) is 0. The van der Waals surface area contributed by atoms with E-state index in [2.05, 4.69) is 5.32 Å². The smallest absolute Gasteiger partial charge is 0.316 e. The minimum Gasteiger partial charge on any atom is -0.486 e. The number of hydrogen-bond acceptors (Lipinski definition) is 6. The van der Waals surface area contributed by atoms with E-state index in [-0.39, 0.29) is 18.3 Å². The molecule has 1 aliphatic rings. The zero-order chi connectivity index (χ0) is 18.4. The molecule has 2 aromatic carbocycles. The number of rotatable bonds is 6. The van der Waals surface area contributed by atoms with E-state index in [0.717, 1.165) is 10.5 Å². The van der Waals surface area contributed by atoms with Crippen LogP contribution >= 0.6 is 11.8 Å². The summed E-state index contributed by atoms with van der Waals surface area (Å²) in [6, 6.07) is 12.9. The standard InChI is InChI=1S/C19H19NO5S/c1-13-4-2-3-5-15(13)20-18(21)11-25-19(22)12-26-14-6-7-16-17(10-14)24-9-8-23-16/h2-7,10H,8-9,11-12H2,1H3,(H,20,21). The zero-order valence-corrected chi connectivity index (χ0v) is 15.1. The molecule has 7 heteroatoms. The molecule has 1 amide bonds. The predicted octanol–water partition coefficient (Wildman–Crippen LogP) is 3.04. The second-order valence-electron chi connectivity index (χ2n) is 5.62. The van der Waals surface area contributed by atoms with Crippen LogP contribution in [0.2, 0.25) is 0 Å². The molecule has 0 saturated heterocycles. The highest BCUT2D eigenvalue weighted by Crippen LogP contribution is 2.34. The normalized spacial score (nSPS) is 12.3. The fourth-order valence-electron chi connectivity index (χ4n) is 2.34. The number of esters is 1. The monoisotopic (exact) mass is 373 g/mol. The van der Waals surface area contributed by atoms with E-state index in [0.29, 0.717) is 30.4 Å². The summed E-state index contributed by atoms with van der Waals surface area (Å²) in [6.45, 7) is 2.63. The molecule has 136 valence electrons. The van der Waals surface area contributed by atoms with Gasteiger partial charge in [-0.2, -0.15) is 0 Å². The van der Waals surface area contributed by atoms with Crippen LogP contribution in [0.25, 0.3) is 0 Å². The van der Waals surface area contributed by atoms with Gasteiger partial charge in [0.15, 0.2) is 18.1 Å². The lowest BCUT2D eigenvalue weighted by molar-refractivity contribution is -0.144. The van der Waals surface area contributed by atoms with Gasteiger partial charge in [-0.15, -0.1) is 11.8 Å². The Bertz CT molecular complexity index is 808. The van der Waals surface area contributed by atoms with Crippen LogP contribution in [0, 0.1) is 6.92 Å². The number of carbonyl (C=O) groups excluding carboxylic acids is 2. The first-order valence-corrected chi connectivity index (χ1v) is 9.14. The van der Waals surface area contributed by atoms with Crippen molar-refractivity contribution >= 4 is 29.3 Å². The molecule has 0 unspecified atom stereocenters. The van der Waals surface area contributed by atoms with E-state index in [1.165, 1.54) is 11.8 Å². The van der Waals surface area contributed by atoms with Crippen LogP contribution in [0.15, 0.2) is 47.4 Å². The van der Waals surface area contributed by atoms with Crippen LogP contribution in [-0.2, 0) is 14.3 Å². The highest BCUT2D eigenvalue weighted by molar-refractivity contribution is 8.00. The first kappa shape index (κ1) is 18.1. The molecule has 0 atom stereocenters. The van der Waals surface area contributed by atoms with E-state index < -0.39 is 5.97 Å². The quantitative estimate of drug-likeness (QED) is 0.620. The molecule has 0 saturated carbocycles. The Labute approximate surface area is 155 Å². The van der Waals surface area contributed by atoms with Crippen LogP contribution < -0.4 is 14.8 Å². The topological polar surface area (TPSA) is 73.9 Å². The third kappa shape index (κ3) is 4.92. The lowest BCUT2D eigenvalue weighted by Gasteiger charge is -2.18. The number of carbonyl (C=O) groups is 2. The predicted molar refractivity (Wildman–Crippen MR) is 98.9 cm³/mol. The van der Waals surface area contributed by atoms with E-state index in [4.69, 9.17) is 14.2 Å². The number of ether oxygens (including phenoxy) is 3. The SMILES string of the molecule is Cc1ccccc1NC(=O)COC(=O)CSc1ccc2c(c1)OCCO2. The van der Waals surface area contributed by atoms with Crippen molar-refractivity contribution in [2.45, 2.75) is 11.8 Å². The van der Waals surface area contributed by atoms with Crippen molar-refractivity contribution in [2.24, 2.45) is 0 Å². The Morgan fingerprint density at radius 3 is 2.69 bits per heavy atom. The van der Waals surface area contributed by atoms with Crippen molar-refractivity contribution in [3.8, 4) is 11.5 Å². The van der Waals surface area contributed by atoms with Gasteiger partial charge in [-0.05, 0) is 36.8 Å². The van der Waals surface area contributed by atoms with Crippen molar-refractivity contribution in [3.63, 3.8) is 0 Å². The molecule has 0 bridgehead atoms. The fourth-order valence-corrected chi connectivity index (χ4v) is 3.07. The fraction of sp³-hybridized carbons (Fsp3) is 0.263. The Hall–Kier alpha value is -2.67. The van der Waals surface area contributed by atoms with Gasteiger partial charge >= 0.3 is 5.97 Å². The summed E-state index contributed by atoms with van der Waals surface area (Å²) in [5.41, 5.74) is 1.65. The number of para-hydroxylation sites is 1. The summed E-state index contributed by atoms with van der Waals surface area (Å²) >= 11 is 1.32. The maximum Gasteiger partial charge on any atom is 0.316 e. The molecule has 2 aromatic rings. The maximum absolute atomic E-state index is 11.9. The van der Waals surface area contributed by atoms with Crippen molar-refractivity contribution in [1.29, 1.82) is 0 Å². The number of aryl methyl sites for hydroxylation is 1. The third-order valence-corrected chi connectivity index (χ3v) is 4.62. The van der Waals surface area contributed by atoms with Crippen molar-refractivity contribution in [2.75, 3.05) is 30.9 Å². The molecule has 6 nitrogen and oxygen atoms in total. The van der Waals surface area contributed by atoms with Crippen LogP contribution in [0.3, 0.4) is 0 Å². The van der Waals surface area contributed by atoms with Gasteiger partial charge < -0.3 is 19.5 Å². The Balaban J connectivity index is 1.43. The summed E-state index contributed by atoms with van der Waals surface area (Å²) in [5, 5.41) is 2.72. The van der Waals surface area contributed by atoms with Crippen molar-refractivity contribution in [3.05, 3.63) is 48.0 Å². The van der Waals surface area contributed by atoms with Gasteiger partial charge in [-0.1, -0.05) is 18.2 Å². The molecule has 1 heterocycles. The van der Waals surface area contributed by atoms with E-state index >= 15 is 0 Å². The molecule has 3 rings (SSSR count). The molecule has 0 spiro atoms. The number of amides is 1. The first-order chi connectivity index (χ1) is 12.6. The summed E-state index contributed by atoms with van der Waals surface area (Å²) in [5.74, 6) is 0.669. The number of nitrogens with one attached hydrogen (secondary N) is 1. The highest BCUT2D eigenvalue weighted by Gasteiger charge is 2.13. The molecular formula is C19H19NO5S. The molecule has 0 fully saturated rings. The van der Waals surface area contributed by atoms with E-state index in [1.807, 2.05) is 43.3 Å². The molecule has 26 heavy (non-hydrogen) atoms. The number of thioether (sulfide) groups is 1. The largest absolute Gasteiger partial charge is 0.486 e. The van der Waals surface area contributed by atoms with Crippen LogP contribution in [0.1, 0.15) is 5.56 Å².